The van der Waals surface area contributed by atoms with Crippen LogP contribution in [0.3, 0.4) is 0 Å². The zero-order chi connectivity index (χ0) is 23.5. The van der Waals surface area contributed by atoms with Gasteiger partial charge in [0.05, 0.1) is 0 Å². The van der Waals surface area contributed by atoms with Gasteiger partial charge in [-0.3, -0.25) is 0 Å². The summed E-state index contributed by atoms with van der Waals surface area (Å²) in [5, 5.41) is 0. The lowest BCUT2D eigenvalue weighted by Gasteiger charge is -2.35. The van der Waals surface area contributed by atoms with Gasteiger partial charge in [-0.05, 0) is 93.6 Å². The first-order chi connectivity index (χ1) is 16.1. The molecule has 0 heterocycles. The summed E-state index contributed by atoms with van der Waals surface area (Å²) >= 11 is 0. The SMILES string of the molecule is C/C=C/CCCCC1CCC(C2CC=C(c3ccc(CCCCCC)c(F)c3F)CC2)CC1. The Kier molecular flexibility index (Phi) is 11.2. The molecule has 1 saturated carbocycles. The van der Waals surface area contributed by atoms with Crippen molar-refractivity contribution in [2.45, 2.75) is 117 Å². The van der Waals surface area contributed by atoms with E-state index in [1.807, 2.05) is 12.1 Å². The molecule has 2 heteroatoms. The van der Waals surface area contributed by atoms with Crippen LogP contribution >= 0.6 is 0 Å². The Bertz CT molecular complexity index is 767. The van der Waals surface area contributed by atoms with Crippen molar-refractivity contribution < 1.29 is 8.78 Å². The van der Waals surface area contributed by atoms with Crippen molar-refractivity contribution in [2.75, 3.05) is 0 Å². The van der Waals surface area contributed by atoms with E-state index in [4.69, 9.17) is 0 Å². The fraction of sp³-hybridized carbons (Fsp3) is 0.677. The number of halogens is 2. The lowest BCUT2D eigenvalue weighted by Crippen LogP contribution is -2.23. The molecule has 184 valence electrons. The Balaban J connectivity index is 1.46. The Morgan fingerprint density at radius 1 is 0.879 bits per heavy atom. The maximum atomic E-state index is 14.9. The zero-order valence-corrected chi connectivity index (χ0v) is 21.2. The molecule has 0 amide bonds. The minimum Gasteiger partial charge on any atom is -0.203 e. The fourth-order valence-corrected chi connectivity index (χ4v) is 6.11. The summed E-state index contributed by atoms with van der Waals surface area (Å²) in [6.45, 7) is 4.27. The maximum Gasteiger partial charge on any atom is 0.166 e. The highest BCUT2D eigenvalue weighted by atomic mass is 19.2. The van der Waals surface area contributed by atoms with Gasteiger partial charge in [-0.2, -0.15) is 0 Å². The quantitative estimate of drug-likeness (QED) is 0.217. The van der Waals surface area contributed by atoms with E-state index in [9.17, 15) is 8.78 Å². The molecule has 0 aliphatic heterocycles. The largest absolute Gasteiger partial charge is 0.203 e. The molecule has 33 heavy (non-hydrogen) atoms. The second kappa shape index (κ2) is 14.1. The van der Waals surface area contributed by atoms with Crippen LogP contribution in [-0.4, -0.2) is 0 Å². The number of hydrogen-bond acceptors (Lipinski definition) is 0. The molecule has 0 spiro atoms. The lowest BCUT2D eigenvalue weighted by atomic mass is 9.70. The van der Waals surface area contributed by atoms with Crippen molar-refractivity contribution in [3.05, 3.63) is 53.1 Å². The van der Waals surface area contributed by atoms with Gasteiger partial charge in [0.15, 0.2) is 11.6 Å². The molecular formula is C31H46F2. The van der Waals surface area contributed by atoms with E-state index in [1.54, 1.807) is 0 Å². The van der Waals surface area contributed by atoms with Gasteiger partial charge in [-0.1, -0.05) is 82.2 Å². The summed E-state index contributed by atoms with van der Waals surface area (Å²) in [6, 6.07) is 3.66. The summed E-state index contributed by atoms with van der Waals surface area (Å²) in [4.78, 5) is 0. The molecule has 3 rings (SSSR count). The van der Waals surface area contributed by atoms with Crippen molar-refractivity contribution in [3.63, 3.8) is 0 Å². The first-order valence-corrected chi connectivity index (χ1v) is 13.9. The summed E-state index contributed by atoms with van der Waals surface area (Å²) in [5.74, 6) is 1.25. The van der Waals surface area contributed by atoms with Crippen molar-refractivity contribution in [2.24, 2.45) is 17.8 Å². The smallest absolute Gasteiger partial charge is 0.166 e. The molecule has 1 unspecified atom stereocenters. The van der Waals surface area contributed by atoms with E-state index in [0.29, 0.717) is 17.5 Å². The van der Waals surface area contributed by atoms with Gasteiger partial charge in [0.2, 0.25) is 0 Å². The van der Waals surface area contributed by atoms with Crippen molar-refractivity contribution in [1.82, 2.24) is 0 Å². The third-order valence-corrected chi connectivity index (χ3v) is 8.29. The van der Waals surface area contributed by atoms with Gasteiger partial charge >= 0.3 is 0 Å². The number of hydrogen-bond donors (Lipinski definition) is 0. The molecule has 0 radical (unpaired) electrons. The van der Waals surface area contributed by atoms with E-state index < -0.39 is 11.6 Å². The number of aryl methyl sites for hydroxylation is 1. The number of benzene rings is 1. The van der Waals surface area contributed by atoms with Gasteiger partial charge in [-0.25, -0.2) is 8.78 Å². The first kappa shape index (κ1) is 26.2. The summed E-state index contributed by atoms with van der Waals surface area (Å²) in [6.07, 6.45) is 25.5. The van der Waals surface area contributed by atoms with Gasteiger partial charge in [0.1, 0.15) is 0 Å². The summed E-state index contributed by atoms with van der Waals surface area (Å²) in [5.41, 5.74) is 2.07. The number of allylic oxidation sites excluding steroid dienone is 4. The number of rotatable bonds is 12. The molecule has 1 aromatic rings. The Morgan fingerprint density at radius 3 is 2.39 bits per heavy atom. The minimum absolute atomic E-state index is 0.505. The molecule has 1 atom stereocenters. The van der Waals surface area contributed by atoms with Gasteiger partial charge < -0.3 is 0 Å². The molecule has 0 N–H and O–H groups in total. The van der Waals surface area contributed by atoms with E-state index in [-0.39, 0.29) is 0 Å². The highest BCUT2D eigenvalue weighted by Crippen LogP contribution is 2.42. The first-order valence-electron chi connectivity index (χ1n) is 13.9. The molecule has 0 bridgehead atoms. The highest BCUT2D eigenvalue weighted by molar-refractivity contribution is 5.67. The maximum absolute atomic E-state index is 14.9. The van der Waals surface area contributed by atoms with E-state index >= 15 is 0 Å². The molecule has 0 nitrogen and oxygen atoms in total. The molecular weight excluding hydrogens is 410 g/mol. The topological polar surface area (TPSA) is 0 Å². The summed E-state index contributed by atoms with van der Waals surface area (Å²) in [7, 11) is 0. The van der Waals surface area contributed by atoms with Crippen LogP contribution in [-0.2, 0) is 6.42 Å². The average molecular weight is 457 g/mol. The van der Waals surface area contributed by atoms with E-state index in [1.165, 1.54) is 51.4 Å². The van der Waals surface area contributed by atoms with Crippen LogP contribution in [0.4, 0.5) is 8.78 Å². The van der Waals surface area contributed by atoms with Gasteiger partial charge in [-0.15, -0.1) is 0 Å². The predicted molar refractivity (Wildman–Crippen MR) is 138 cm³/mol. The standard InChI is InChI=1S/C31H46F2/c1-3-5-7-9-10-12-24-14-16-25(17-15-24)26-18-20-27(21-19-26)29-23-22-28(30(32)31(29)33)13-11-8-6-4-2/h3,5,20,22-26H,4,6-19,21H2,1-2H3/b5-3+. The second-order valence-electron chi connectivity index (χ2n) is 10.6. The third kappa shape index (κ3) is 7.79. The van der Waals surface area contributed by atoms with Gasteiger partial charge in [0, 0.05) is 5.56 Å². The van der Waals surface area contributed by atoms with Crippen molar-refractivity contribution in [1.29, 1.82) is 0 Å². The van der Waals surface area contributed by atoms with Crippen LogP contribution in [0.25, 0.3) is 5.57 Å². The highest BCUT2D eigenvalue weighted by Gasteiger charge is 2.29. The Morgan fingerprint density at radius 2 is 1.70 bits per heavy atom. The van der Waals surface area contributed by atoms with Crippen LogP contribution < -0.4 is 0 Å². The van der Waals surface area contributed by atoms with Crippen LogP contribution in [0.15, 0.2) is 30.4 Å². The molecule has 2 aliphatic carbocycles. The average Bonchev–Trinajstić information content (AvgIpc) is 2.85. The van der Waals surface area contributed by atoms with E-state index in [2.05, 4.69) is 32.1 Å². The van der Waals surface area contributed by atoms with E-state index in [0.717, 1.165) is 68.3 Å². The Labute approximate surface area is 201 Å². The number of unbranched alkanes of at least 4 members (excludes halogenated alkanes) is 5. The van der Waals surface area contributed by atoms with Crippen LogP contribution in [0, 0.1) is 29.4 Å². The zero-order valence-electron chi connectivity index (χ0n) is 21.2. The third-order valence-electron chi connectivity index (χ3n) is 8.29. The summed E-state index contributed by atoms with van der Waals surface area (Å²) < 4.78 is 29.5. The molecule has 1 fully saturated rings. The van der Waals surface area contributed by atoms with Crippen LogP contribution in [0.1, 0.15) is 121 Å². The molecule has 2 aliphatic rings. The second-order valence-corrected chi connectivity index (χ2v) is 10.6. The lowest BCUT2D eigenvalue weighted by molar-refractivity contribution is 0.187. The minimum atomic E-state index is -0.623. The monoisotopic (exact) mass is 456 g/mol. The normalized spacial score (nSPS) is 23.8. The predicted octanol–water partition coefficient (Wildman–Crippen LogP) is 10.2. The van der Waals surface area contributed by atoms with Crippen molar-refractivity contribution >= 4 is 5.57 Å². The Hall–Kier alpha value is -1.44. The van der Waals surface area contributed by atoms with Crippen LogP contribution in [0.2, 0.25) is 0 Å². The molecule has 0 saturated heterocycles. The molecule has 0 aromatic heterocycles. The van der Waals surface area contributed by atoms with Gasteiger partial charge in [0.25, 0.3) is 0 Å². The fourth-order valence-electron chi connectivity index (χ4n) is 6.11. The van der Waals surface area contributed by atoms with Crippen LogP contribution in [0.5, 0.6) is 0 Å². The molecule has 1 aromatic carbocycles. The van der Waals surface area contributed by atoms with Crippen molar-refractivity contribution in [3.8, 4) is 0 Å².